The molecule has 3 aliphatic rings. The molecule has 1 saturated carbocycles. The fraction of sp³-hybridized carbons (Fsp3) is 0.478. The van der Waals surface area contributed by atoms with Crippen molar-refractivity contribution in [3.05, 3.63) is 40.9 Å². The van der Waals surface area contributed by atoms with Crippen LogP contribution in [-0.4, -0.2) is 80.0 Å². The van der Waals surface area contributed by atoms with Crippen molar-refractivity contribution >= 4 is 43.8 Å². The summed E-state index contributed by atoms with van der Waals surface area (Å²) >= 11 is 1.32. The van der Waals surface area contributed by atoms with E-state index < -0.39 is 15.7 Å². The summed E-state index contributed by atoms with van der Waals surface area (Å²) in [4.78, 5) is 37.8. The Morgan fingerprint density at radius 1 is 1.28 bits per heavy atom. The summed E-state index contributed by atoms with van der Waals surface area (Å²) in [7, 11) is -3.34. The molecule has 1 aliphatic carbocycles. The molecule has 0 spiro atoms. The molecule has 3 fully saturated rings. The summed E-state index contributed by atoms with van der Waals surface area (Å²) in [6.07, 6.45) is 3.44. The average Bonchev–Trinajstić information content (AvgIpc) is 3.44. The third kappa shape index (κ3) is 5.91. The molecule has 2 aromatic rings. The topological polar surface area (TPSA) is 139 Å². The Hall–Kier alpha value is -2.87. The van der Waals surface area contributed by atoms with Gasteiger partial charge >= 0.3 is 0 Å². The molecule has 36 heavy (non-hydrogen) atoms. The molecule has 2 saturated heterocycles. The Morgan fingerprint density at radius 3 is 2.78 bits per heavy atom. The Balaban J connectivity index is 1.30. The fourth-order valence-corrected chi connectivity index (χ4v) is 6.47. The third-order valence-electron chi connectivity index (χ3n) is 6.09. The number of thiazole rings is 1. The van der Waals surface area contributed by atoms with Gasteiger partial charge in [0.25, 0.3) is 5.91 Å². The molecule has 0 radical (unpaired) electrons. The number of oxime groups is 1. The van der Waals surface area contributed by atoms with E-state index in [-0.39, 0.29) is 27.9 Å². The molecule has 2 aliphatic heterocycles. The van der Waals surface area contributed by atoms with Crippen LogP contribution in [0.3, 0.4) is 0 Å². The highest BCUT2D eigenvalue weighted by atomic mass is 32.2. The van der Waals surface area contributed by atoms with E-state index in [2.05, 4.69) is 20.8 Å². The van der Waals surface area contributed by atoms with Gasteiger partial charge in [-0.2, -0.15) is 0 Å². The maximum Gasteiger partial charge on any atom is 0.280 e. The Kier molecular flexibility index (Phi) is 7.32. The molecule has 192 valence electrons. The zero-order valence-corrected chi connectivity index (χ0v) is 21.1. The Bertz CT molecular complexity index is 1250. The summed E-state index contributed by atoms with van der Waals surface area (Å²) in [6.45, 7) is 3.19. The number of carbonyl (C=O) groups is 2. The molecule has 3 heterocycles. The first-order valence-corrected chi connectivity index (χ1v) is 14.2. The van der Waals surface area contributed by atoms with Crippen LogP contribution in [0.2, 0.25) is 0 Å². The van der Waals surface area contributed by atoms with E-state index in [9.17, 15) is 18.0 Å². The van der Waals surface area contributed by atoms with Crippen molar-refractivity contribution < 1.29 is 27.6 Å². The molecule has 0 bridgehead atoms. The smallest absolute Gasteiger partial charge is 0.280 e. The van der Waals surface area contributed by atoms with Gasteiger partial charge in [0.2, 0.25) is 5.91 Å². The van der Waals surface area contributed by atoms with Crippen molar-refractivity contribution in [3.8, 4) is 0 Å². The number of sulfone groups is 1. The molecule has 1 atom stereocenters. The number of aromatic nitrogens is 1. The maximum absolute atomic E-state index is 13.2. The van der Waals surface area contributed by atoms with Crippen molar-refractivity contribution in [2.75, 3.05) is 38.2 Å². The number of hydrogen-bond donors (Lipinski definition) is 2. The van der Waals surface area contributed by atoms with Gasteiger partial charge in [0, 0.05) is 42.7 Å². The minimum Gasteiger partial charge on any atom is -0.389 e. The summed E-state index contributed by atoms with van der Waals surface area (Å²) < 4.78 is 30.4. The van der Waals surface area contributed by atoms with Gasteiger partial charge in [0.1, 0.15) is 0 Å². The number of carbonyl (C=O) groups excluding carboxylic acids is 2. The molecule has 1 aromatic carbocycles. The van der Waals surface area contributed by atoms with Gasteiger partial charge in [-0.3, -0.25) is 19.8 Å². The second-order valence-electron chi connectivity index (χ2n) is 8.95. The van der Waals surface area contributed by atoms with Crippen molar-refractivity contribution in [3.63, 3.8) is 0 Å². The van der Waals surface area contributed by atoms with E-state index in [1.165, 1.54) is 23.5 Å². The number of amides is 2. The largest absolute Gasteiger partial charge is 0.389 e. The van der Waals surface area contributed by atoms with Crippen LogP contribution in [0.25, 0.3) is 0 Å². The summed E-state index contributed by atoms with van der Waals surface area (Å²) in [6, 6.07) is 6.13. The lowest BCUT2D eigenvalue weighted by atomic mass is 10.1. The Labute approximate surface area is 212 Å². The van der Waals surface area contributed by atoms with Gasteiger partial charge in [0.05, 0.1) is 29.9 Å². The zero-order valence-electron chi connectivity index (χ0n) is 19.5. The molecule has 5 rings (SSSR count). The molecular formula is C23H27N5O6S2. The van der Waals surface area contributed by atoms with E-state index in [0.717, 1.165) is 11.4 Å². The molecule has 0 unspecified atom stereocenters. The van der Waals surface area contributed by atoms with Crippen LogP contribution in [0.1, 0.15) is 29.7 Å². The monoisotopic (exact) mass is 533 g/mol. The first-order valence-electron chi connectivity index (χ1n) is 11.8. The van der Waals surface area contributed by atoms with Crippen molar-refractivity contribution in [2.24, 2.45) is 5.16 Å². The van der Waals surface area contributed by atoms with E-state index in [1.54, 1.807) is 18.3 Å². The first kappa shape index (κ1) is 24.8. The Morgan fingerprint density at radius 2 is 2.08 bits per heavy atom. The number of piperazine rings is 1. The number of nitrogens with one attached hydrogen (secondary N) is 2. The van der Waals surface area contributed by atoms with E-state index >= 15 is 0 Å². The number of nitrogens with zero attached hydrogens (tertiary/aromatic N) is 3. The summed E-state index contributed by atoms with van der Waals surface area (Å²) in [5.74, 6) is -0.534. The SMILES string of the molecule is O=C1CN(Cc2cnc(NC(=O)C(=NO[C@@H]3CCOC3)c3ccc(S(=O)(=O)C4CC4)cc3)s2)CCN1. The first-order chi connectivity index (χ1) is 17.4. The number of hydrogen-bond acceptors (Lipinski definition) is 10. The average molecular weight is 534 g/mol. The van der Waals surface area contributed by atoms with Crippen LogP contribution in [0, 0.1) is 0 Å². The van der Waals surface area contributed by atoms with Gasteiger partial charge in [0.15, 0.2) is 26.8 Å². The van der Waals surface area contributed by atoms with Crippen molar-refractivity contribution in [1.29, 1.82) is 0 Å². The number of rotatable bonds is 9. The summed E-state index contributed by atoms with van der Waals surface area (Å²) in [5, 5.41) is 9.75. The van der Waals surface area contributed by atoms with Gasteiger partial charge in [-0.1, -0.05) is 17.3 Å². The quantitative estimate of drug-likeness (QED) is 0.362. The number of anilines is 1. The normalized spacial score (nSPS) is 21.3. The highest BCUT2D eigenvalue weighted by Crippen LogP contribution is 2.33. The molecule has 2 amide bonds. The second-order valence-corrected chi connectivity index (χ2v) is 12.3. The number of benzene rings is 1. The highest BCUT2D eigenvalue weighted by molar-refractivity contribution is 7.92. The fourth-order valence-electron chi connectivity index (χ4n) is 3.96. The maximum atomic E-state index is 13.2. The molecule has 11 nitrogen and oxygen atoms in total. The standard InChI is InChI=1S/C23H27N5O6S2/c29-20-13-28(9-8-24-20)12-17-11-25-23(35-17)26-22(30)21(27-34-16-7-10-33-14-16)15-1-3-18(4-2-15)36(31,32)19-5-6-19/h1-4,11,16,19H,5-10,12-14H2,(H,24,29)(H,25,26,30)/t16-/m1/s1. The van der Waals surface area contributed by atoms with E-state index in [4.69, 9.17) is 9.57 Å². The van der Waals surface area contributed by atoms with Crippen LogP contribution in [0.5, 0.6) is 0 Å². The summed E-state index contributed by atoms with van der Waals surface area (Å²) in [5.41, 5.74) is 0.444. The van der Waals surface area contributed by atoms with Gasteiger partial charge < -0.3 is 14.9 Å². The van der Waals surface area contributed by atoms with Crippen LogP contribution < -0.4 is 10.6 Å². The lowest BCUT2D eigenvalue weighted by Gasteiger charge is -2.25. The molecule has 2 N–H and O–H groups in total. The molecule has 13 heteroatoms. The third-order valence-corrected chi connectivity index (χ3v) is 9.26. The van der Waals surface area contributed by atoms with Crippen LogP contribution in [-0.2, 0) is 35.5 Å². The highest BCUT2D eigenvalue weighted by Gasteiger charge is 2.36. The minimum atomic E-state index is -3.34. The molecule has 1 aromatic heterocycles. The van der Waals surface area contributed by atoms with Gasteiger partial charge in [-0.15, -0.1) is 11.3 Å². The van der Waals surface area contributed by atoms with Crippen LogP contribution in [0.15, 0.2) is 40.5 Å². The second kappa shape index (κ2) is 10.6. The predicted octanol–water partition coefficient (Wildman–Crippen LogP) is 1.16. The minimum absolute atomic E-state index is 0.0104. The number of ether oxygens (including phenoxy) is 1. The van der Waals surface area contributed by atoms with Gasteiger partial charge in [-0.25, -0.2) is 13.4 Å². The predicted molar refractivity (Wildman–Crippen MR) is 133 cm³/mol. The lowest BCUT2D eigenvalue weighted by molar-refractivity contribution is -0.124. The van der Waals surface area contributed by atoms with Crippen LogP contribution in [0.4, 0.5) is 5.13 Å². The van der Waals surface area contributed by atoms with Crippen LogP contribution >= 0.6 is 11.3 Å². The van der Waals surface area contributed by atoms with Crippen molar-refractivity contribution in [2.45, 2.75) is 42.1 Å². The lowest BCUT2D eigenvalue weighted by Crippen LogP contribution is -2.46. The molecular weight excluding hydrogens is 506 g/mol. The zero-order chi connectivity index (χ0) is 25.1. The van der Waals surface area contributed by atoms with Gasteiger partial charge in [-0.05, 0) is 25.0 Å². The van der Waals surface area contributed by atoms with E-state index in [0.29, 0.717) is 62.8 Å². The van der Waals surface area contributed by atoms with Crippen molar-refractivity contribution in [1.82, 2.24) is 15.2 Å². The van der Waals surface area contributed by atoms with E-state index in [1.807, 2.05) is 4.90 Å².